The minimum Gasteiger partial charge on any atom is -0.471 e. The quantitative estimate of drug-likeness (QED) is 0.605. The van der Waals surface area contributed by atoms with E-state index in [1.54, 1.807) is 29.1 Å². The third kappa shape index (κ3) is 4.93. The van der Waals surface area contributed by atoms with E-state index in [0.717, 1.165) is 17.5 Å². The van der Waals surface area contributed by atoms with Crippen LogP contribution in [-0.2, 0) is 6.73 Å². The highest BCUT2D eigenvalue weighted by Gasteiger charge is 2.16. The average Bonchev–Trinajstić information content (AvgIpc) is 3.17. The lowest BCUT2D eigenvalue weighted by Gasteiger charge is -2.17. The smallest absolute Gasteiger partial charge is 0.272 e. The molecule has 3 aromatic rings. The molecule has 0 saturated heterocycles. The van der Waals surface area contributed by atoms with Crippen LogP contribution >= 0.6 is 11.6 Å². The van der Waals surface area contributed by atoms with Gasteiger partial charge in [-0.3, -0.25) is 4.79 Å². The second-order valence-electron chi connectivity index (χ2n) is 6.77. The minimum atomic E-state index is -0.200. The standard InChI is InChI=1S/C22H24ClN3O2/c1-4-20(17-7-5-15(2)6-8-17)24-22(27)21-11-12-26(25-21)14-28-18-9-10-19(23)16(3)13-18/h5-13,20H,4,14H2,1-3H3,(H,24,27). The van der Waals surface area contributed by atoms with Crippen molar-refractivity contribution in [1.29, 1.82) is 0 Å². The fourth-order valence-electron chi connectivity index (χ4n) is 2.85. The molecule has 0 aliphatic heterocycles. The van der Waals surface area contributed by atoms with Crippen molar-refractivity contribution >= 4 is 17.5 Å². The van der Waals surface area contributed by atoms with Crippen LogP contribution in [0, 0.1) is 13.8 Å². The molecule has 6 heteroatoms. The normalized spacial score (nSPS) is 11.9. The van der Waals surface area contributed by atoms with Crippen LogP contribution < -0.4 is 10.1 Å². The van der Waals surface area contributed by atoms with Crippen LogP contribution in [0.1, 0.15) is 46.6 Å². The number of benzene rings is 2. The van der Waals surface area contributed by atoms with Gasteiger partial charge < -0.3 is 10.1 Å². The van der Waals surface area contributed by atoms with E-state index >= 15 is 0 Å². The number of aryl methyl sites for hydroxylation is 2. The zero-order valence-electron chi connectivity index (χ0n) is 16.3. The molecule has 2 aromatic carbocycles. The number of aromatic nitrogens is 2. The topological polar surface area (TPSA) is 56.2 Å². The minimum absolute atomic E-state index is 0.0495. The van der Waals surface area contributed by atoms with Crippen LogP contribution in [-0.4, -0.2) is 15.7 Å². The van der Waals surface area contributed by atoms with Gasteiger partial charge in [-0.15, -0.1) is 0 Å². The molecule has 0 bridgehead atoms. The van der Waals surface area contributed by atoms with Gasteiger partial charge in [0.1, 0.15) is 11.4 Å². The summed E-state index contributed by atoms with van der Waals surface area (Å²) in [6.07, 6.45) is 2.53. The van der Waals surface area contributed by atoms with Crippen molar-refractivity contribution in [3.8, 4) is 5.75 Å². The monoisotopic (exact) mass is 397 g/mol. The molecule has 1 unspecified atom stereocenters. The van der Waals surface area contributed by atoms with E-state index in [2.05, 4.69) is 22.5 Å². The summed E-state index contributed by atoms with van der Waals surface area (Å²) in [5.41, 5.74) is 3.59. The average molecular weight is 398 g/mol. The van der Waals surface area contributed by atoms with Crippen molar-refractivity contribution < 1.29 is 9.53 Å². The Morgan fingerprint density at radius 3 is 2.61 bits per heavy atom. The summed E-state index contributed by atoms with van der Waals surface area (Å²) in [5, 5.41) is 8.06. The van der Waals surface area contributed by atoms with E-state index in [1.165, 1.54) is 5.56 Å². The van der Waals surface area contributed by atoms with Crippen molar-refractivity contribution in [1.82, 2.24) is 15.1 Å². The van der Waals surface area contributed by atoms with Crippen LogP contribution in [0.3, 0.4) is 0 Å². The Morgan fingerprint density at radius 1 is 1.18 bits per heavy atom. The van der Waals surface area contributed by atoms with Gasteiger partial charge in [-0.1, -0.05) is 48.4 Å². The van der Waals surface area contributed by atoms with Gasteiger partial charge in [0, 0.05) is 11.2 Å². The summed E-state index contributed by atoms with van der Waals surface area (Å²) in [6.45, 7) is 6.22. The zero-order valence-corrected chi connectivity index (χ0v) is 17.0. The summed E-state index contributed by atoms with van der Waals surface area (Å²) < 4.78 is 7.30. The fraction of sp³-hybridized carbons (Fsp3) is 0.273. The number of amides is 1. The van der Waals surface area contributed by atoms with Crippen LogP contribution in [0.15, 0.2) is 54.7 Å². The molecule has 0 saturated carbocycles. The van der Waals surface area contributed by atoms with Gasteiger partial charge in [-0.25, -0.2) is 4.68 Å². The number of rotatable bonds is 7. The number of ether oxygens (including phenoxy) is 1. The third-order valence-corrected chi connectivity index (χ3v) is 4.98. The molecule has 3 rings (SSSR count). The Bertz CT molecular complexity index is 951. The van der Waals surface area contributed by atoms with Crippen molar-refractivity contribution in [2.75, 3.05) is 0 Å². The van der Waals surface area contributed by atoms with E-state index in [4.69, 9.17) is 16.3 Å². The van der Waals surface area contributed by atoms with Crippen LogP contribution in [0.4, 0.5) is 0 Å². The highest BCUT2D eigenvalue weighted by atomic mass is 35.5. The molecule has 0 fully saturated rings. The first kappa shape index (κ1) is 20.0. The molecular formula is C22H24ClN3O2. The summed E-state index contributed by atoms with van der Waals surface area (Å²) >= 11 is 6.02. The largest absolute Gasteiger partial charge is 0.471 e. The maximum absolute atomic E-state index is 12.6. The Balaban J connectivity index is 1.61. The highest BCUT2D eigenvalue weighted by molar-refractivity contribution is 6.31. The molecule has 0 radical (unpaired) electrons. The molecule has 0 spiro atoms. The lowest BCUT2D eigenvalue weighted by molar-refractivity contribution is 0.0928. The van der Waals surface area contributed by atoms with Gasteiger partial charge in [0.05, 0.1) is 6.04 Å². The molecule has 146 valence electrons. The molecule has 28 heavy (non-hydrogen) atoms. The molecule has 5 nitrogen and oxygen atoms in total. The van der Waals surface area contributed by atoms with E-state index in [-0.39, 0.29) is 18.7 Å². The van der Waals surface area contributed by atoms with Crippen molar-refractivity contribution in [2.45, 2.75) is 40.0 Å². The van der Waals surface area contributed by atoms with E-state index in [0.29, 0.717) is 16.5 Å². The first-order valence-corrected chi connectivity index (χ1v) is 9.64. The predicted molar refractivity (Wildman–Crippen MR) is 111 cm³/mol. The maximum atomic E-state index is 12.6. The Morgan fingerprint density at radius 2 is 1.93 bits per heavy atom. The summed E-state index contributed by atoms with van der Waals surface area (Å²) in [6, 6.07) is 15.3. The Hall–Kier alpha value is -2.79. The third-order valence-electron chi connectivity index (χ3n) is 4.56. The molecule has 0 aliphatic rings. The number of nitrogens with zero attached hydrogens (tertiary/aromatic N) is 2. The van der Waals surface area contributed by atoms with Gasteiger partial charge in [-0.2, -0.15) is 5.10 Å². The van der Waals surface area contributed by atoms with Gasteiger partial charge in [0.2, 0.25) is 0 Å². The summed E-state index contributed by atoms with van der Waals surface area (Å²) in [4.78, 5) is 12.6. The van der Waals surface area contributed by atoms with Gasteiger partial charge in [-0.05, 0) is 55.7 Å². The van der Waals surface area contributed by atoms with Gasteiger partial charge in [0.15, 0.2) is 6.73 Å². The second kappa shape index (κ2) is 8.93. The van der Waals surface area contributed by atoms with Crippen LogP contribution in [0.2, 0.25) is 5.02 Å². The first-order valence-electron chi connectivity index (χ1n) is 9.26. The lowest BCUT2D eigenvalue weighted by Crippen LogP contribution is -2.28. The SMILES string of the molecule is CCC(NC(=O)c1ccn(COc2ccc(Cl)c(C)c2)n1)c1ccc(C)cc1. The number of hydrogen-bond acceptors (Lipinski definition) is 3. The molecule has 1 atom stereocenters. The Kier molecular flexibility index (Phi) is 6.37. The number of hydrogen-bond donors (Lipinski definition) is 1. The molecule has 1 amide bonds. The van der Waals surface area contributed by atoms with Gasteiger partial charge >= 0.3 is 0 Å². The number of halogens is 1. The summed E-state index contributed by atoms with van der Waals surface area (Å²) in [7, 11) is 0. The van der Waals surface area contributed by atoms with Gasteiger partial charge in [0.25, 0.3) is 5.91 Å². The number of carbonyl (C=O) groups excluding carboxylic acids is 1. The van der Waals surface area contributed by atoms with Crippen molar-refractivity contribution in [3.63, 3.8) is 0 Å². The highest BCUT2D eigenvalue weighted by Crippen LogP contribution is 2.21. The maximum Gasteiger partial charge on any atom is 0.272 e. The number of carbonyl (C=O) groups is 1. The molecular weight excluding hydrogens is 374 g/mol. The molecule has 0 aliphatic carbocycles. The number of nitrogens with one attached hydrogen (secondary N) is 1. The molecule has 1 N–H and O–H groups in total. The second-order valence-corrected chi connectivity index (χ2v) is 7.18. The Labute approximate surface area is 170 Å². The van der Waals surface area contributed by atoms with Crippen molar-refractivity contribution in [3.05, 3.63) is 82.1 Å². The van der Waals surface area contributed by atoms with Crippen molar-refractivity contribution in [2.24, 2.45) is 0 Å². The molecule has 1 heterocycles. The lowest BCUT2D eigenvalue weighted by atomic mass is 10.0. The van der Waals surface area contributed by atoms with E-state index in [9.17, 15) is 4.79 Å². The van der Waals surface area contributed by atoms with E-state index in [1.807, 2.05) is 39.0 Å². The van der Waals surface area contributed by atoms with E-state index < -0.39 is 0 Å². The summed E-state index contributed by atoms with van der Waals surface area (Å²) in [5.74, 6) is 0.502. The molecule has 1 aromatic heterocycles. The first-order chi connectivity index (χ1) is 13.5. The van der Waals surface area contributed by atoms with Crippen LogP contribution in [0.25, 0.3) is 0 Å². The predicted octanol–water partition coefficient (Wildman–Crippen LogP) is 5.07. The fourth-order valence-corrected chi connectivity index (χ4v) is 2.97. The van der Waals surface area contributed by atoms with Crippen LogP contribution in [0.5, 0.6) is 5.75 Å². The zero-order chi connectivity index (χ0) is 20.1.